The number of fused-ring (bicyclic) bond motifs is 1. The molecule has 2 aromatic heterocycles. The highest BCUT2D eigenvalue weighted by Crippen LogP contribution is 2.59. The highest BCUT2D eigenvalue weighted by atomic mass is 19.4. The Hall–Kier alpha value is -3.14. The van der Waals surface area contributed by atoms with Gasteiger partial charge >= 0.3 is 11.9 Å². The number of hydrogen-bond donors (Lipinski definition) is 1. The Kier molecular flexibility index (Phi) is 5.54. The summed E-state index contributed by atoms with van der Waals surface area (Å²) in [6.07, 6.45) is -0.994. The third kappa shape index (κ3) is 4.13. The van der Waals surface area contributed by atoms with Crippen molar-refractivity contribution in [1.82, 2.24) is 24.2 Å². The molecule has 1 N–H and O–H groups in total. The normalized spacial score (nSPS) is 21.9. The van der Waals surface area contributed by atoms with Crippen molar-refractivity contribution >= 4 is 0 Å². The number of nitrogens with zero attached hydrogens (tertiary/aromatic N) is 4. The van der Waals surface area contributed by atoms with Crippen molar-refractivity contribution < 1.29 is 13.2 Å². The molecular weight excluding hydrogens is 459 g/mol. The molecule has 186 valence electrons. The summed E-state index contributed by atoms with van der Waals surface area (Å²) in [6.45, 7) is 6.65. The lowest BCUT2D eigenvalue weighted by atomic mass is 9.94. The van der Waals surface area contributed by atoms with E-state index in [2.05, 4.69) is 15.0 Å². The minimum Gasteiger partial charge on any atom is -0.302 e. The zero-order valence-corrected chi connectivity index (χ0v) is 19.9. The quantitative estimate of drug-likeness (QED) is 0.579. The first kappa shape index (κ1) is 23.6. The van der Waals surface area contributed by atoms with E-state index < -0.39 is 23.0 Å². The van der Waals surface area contributed by atoms with Gasteiger partial charge in [-0.05, 0) is 56.8 Å². The zero-order valence-electron chi connectivity index (χ0n) is 19.9. The summed E-state index contributed by atoms with van der Waals surface area (Å²) in [4.78, 5) is 29.7. The van der Waals surface area contributed by atoms with Crippen LogP contribution in [0.4, 0.5) is 13.2 Å². The highest BCUT2D eigenvalue weighted by Gasteiger charge is 2.60. The molecule has 10 heteroatoms. The number of hydrogen-bond acceptors (Lipinski definition) is 4. The molecule has 3 heterocycles. The van der Waals surface area contributed by atoms with E-state index in [9.17, 15) is 22.8 Å². The molecule has 2 atom stereocenters. The maximum Gasteiger partial charge on any atom is 0.416 e. The summed E-state index contributed by atoms with van der Waals surface area (Å²) >= 11 is 0. The van der Waals surface area contributed by atoms with E-state index in [-0.39, 0.29) is 5.41 Å². The Morgan fingerprint density at radius 1 is 1.14 bits per heavy atom. The summed E-state index contributed by atoms with van der Waals surface area (Å²) in [5.74, 6) is 0.457. The van der Waals surface area contributed by atoms with Crippen LogP contribution >= 0.6 is 0 Å². The predicted octanol–water partition coefficient (Wildman–Crippen LogP) is 3.24. The maximum absolute atomic E-state index is 12.9. The lowest BCUT2D eigenvalue weighted by Gasteiger charge is -2.21. The first-order valence-electron chi connectivity index (χ1n) is 11.7. The van der Waals surface area contributed by atoms with Gasteiger partial charge in [-0.1, -0.05) is 12.1 Å². The van der Waals surface area contributed by atoms with Crippen LogP contribution in [0, 0.1) is 19.8 Å². The fourth-order valence-corrected chi connectivity index (χ4v) is 5.68. The summed E-state index contributed by atoms with van der Waals surface area (Å²) in [7, 11) is 1.81. The van der Waals surface area contributed by atoms with Crippen LogP contribution < -0.4 is 11.2 Å². The Bertz CT molecular complexity index is 1390. The number of likely N-dealkylation sites (tertiary alicyclic amines) is 1. The zero-order chi connectivity index (χ0) is 25.1. The third-order valence-electron chi connectivity index (χ3n) is 7.67. The number of benzene rings is 1. The van der Waals surface area contributed by atoms with Gasteiger partial charge in [-0.15, -0.1) is 0 Å². The van der Waals surface area contributed by atoms with E-state index in [0.29, 0.717) is 24.4 Å². The Morgan fingerprint density at radius 3 is 2.49 bits per heavy atom. The minimum atomic E-state index is -4.32. The lowest BCUT2D eigenvalue weighted by molar-refractivity contribution is -0.137. The van der Waals surface area contributed by atoms with Crippen molar-refractivity contribution in [3.8, 4) is 11.1 Å². The van der Waals surface area contributed by atoms with Gasteiger partial charge in [0.15, 0.2) is 0 Å². The number of nitrogens with one attached hydrogen (secondary N) is 1. The Balaban J connectivity index is 1.25. The first-order chi connectivity index (χ1) is 16.5. The van der Waals surface area contributed by atoms with E-state index in [4.69, 9.17) is 0 Å². The van der Waals surface area contributed by atoms with Gasteiger partial charge in [-0.25, -0.2) is 4.79 Å². The molecule has 2 aliphatic rings. The van der Waals surface area contributed by atoms with Gasteiger partial charge in [0.2, 0.25) is 0 Å². The predicted molar refractivity (Wildman–Crippen MR) is 125 cm³/mol. The summed E-state index contributed by atoms with van der Waals surface area (Å²) in [5, 5.41) is 4.37. The average molecular weight is 488 g/mol. The Labute approximate surface area is 200 Å². The van der Waals surface area contributed by atoms with Gasteiger partial charge in [-0.2, -0.15) is 18.3 Å². The van der Waals surface area contributed by atoms with E-state index in [1.165, 1.54) is 16.7 Å². The molecule has 1 aromatic carbocycles. The Morgan fingerprint density at radius 2 is 1.86 bits per heavy atom. The van der Waals surface area contributed by atoms with Gasteiger partial charge in [0.05, 0.1) is 16.8 Å². The van der Waals surface area contributed by atoms with E-state index in [1.54, 1.807) is 23.0 Å². The molecule has 3 aromatic rings. The number of aromatic nitrogens is 4. The molecule has 0 amide bonds. The van der Waals surface area contributed by atoms with Crippen LogP contribution in [-0.4, -0.2) is 43.9 Å². The van der Waals surface area contributed by atoms with Crippen molar-refractivity contribution in [3.05, 3.63) is 73.8 Å². The van der Waals surface area contributed by atoms with Crippen molar-refractivity contribution in [2.45, 2.75) is 44.8 Å². The molecule has 1 unspecified atom stereocenters. The maximum atomic E-state index is 12.9. The summed E-state index contributed by atoms with van der Waals surface area (Å²) in [6, 6.07) is 5.59. The second-order valence-electron chi connectivity index (χ2n) is 9.89. The third-order valence-corrected chi connectivity index (χ3v) is 7.67. The summed E-state index contributed by atoms with van der Waals surface area (Å²) < 4.78 is 41.9. The number of aromatic amines is 1. The van der Waals surface area contributed by atoms with Crippen LogP contribution in [0.1, 0.15) is 35.4 Å². The minimum absolute atomic E-state index is 0.0541. The van der Waals surface area contributed by atoms with Crippen LogP contribution in [0.3, 0.4) is 0 Å². The molecule has 0 radical (unpaired) electrons. The van der Waals surface area contributed by atoms with E-state index in [1.807, 2.05) is 20.9 Å². The summed E-state index contributed by atoms with van der Waals surface area (Å²) in [5.41, 5.74) is 2.17. The fourth-order valence-electron chi connectivity index (χ4n) is 5.68. The van der Waals surface area contributed by atoms with Crippen molar-refractivity contribution in [3.63, 3.8) is 0 Å². The van der Waals surface area contributed by atoms with Crippen LogP contribution in [0.15, 0.2) is 40.1 Å². The number of halogens is 3. The van der Waals surface area contributed by atoms with Crippen molar-refractivity contribution in [2.24, 2.45) is 13.0 Å². The van der Waals surface area contributed by atoms with Crippen LogP contribution in [0.5, 0.6) is 0 Å². The molecule has 0 bridgehead atoms. The highest BCUT2D eigenvalue weighted by molar-refractivity contribution is 5.66. The lowest BCUT2D eigenvalue weighted by Crippen LogP contribution is -2.32. The first-order valence-corrected chi connectivity index (χ1v) is 11.7. The van der Waals surface area contributed by atoms with Crippen LogP contribution in [0.25, 0.3) is 11.1 Å². The number of rotatable bonds is 6. The molecular formula is C25H28F3N5O2. The average Bonchev–Trinajstić information content (AvgIpc) is 3.26. The van der Waals surface area contributed by atoms with Gasteiger partial charge < -0.3 is 4.90 Å². The molecule has 1 saturated heterocycles. The monoisotopic (exact) mass is 487 g/mol. The fraction of sp³-hybridized carbons (Fsp3) is 0.480. The second kappa shape index (κ2) is 8.22. The SMILES string of the molecule is Cc1nn(C)c(C)c1-c1cn(CCCN2CC3C[C@]3(c3ccc(C(F)(F)F)cc3)C2)c(=O)[nH]c1=O. The van der Waals surface area contributed by atoms with Gasteiger partial charge in [0.1, 0.15) is 0 Å². The molecule has 2 fully saturated rings. The molecule has 7 nitrogen and oxygen atoms in total. The number of piperidine rings is 1. The van der Waals surface area contributed by atoms with Gasteiger partial charge in [0, 0.05) is 49.6 Å². The molecule has 5 rings (SSSR count). The van der Waals surface area contributed by atoms with Crippen LogP contribution in [-0.2, 0) is 25.2 Å². The van der Waals surface area contributed by atoms with Crippen molar-refractivity contribution in [2.75, 3.05) is 19.6 Å². The number of H-pyrrole nitrogens is 1. The van der Waals surface area contributed by atoms with Gasteiger partial charge in [0.25, 0.3) is 5.56 Å². The van der Waals surface area contributed by atoms with Crippen LogP contribution in [0.2, 0.25) is 0 Å². The topological polar surface area (TPSA) is 75.9 Å². The van der Waals surface area contributed by atoms with Gasteiger partial charge in [-0.3, -0.25) is 19.0 Å². The smallest absolute Gasteiger partial charge is 0.302 e. The van der Waals surface area contributed by atoms with E-state index in [0.717, 1.165) is 48.6 Å². The van der Waals surface area contributed by atoms with Crippen molar-refractivity contribution in [1.29, 1.82) is 0 Å². The molecule has 0 spiro atoms. The molecule has 1 saturated carbocycles. The second-order valence-corrected chi connectivity index (χ2v) is 9.89. The molecule has 1 aliphatic heterocycles. The number of alkyl halides is 3. The van der Waals surface area contributed by atoms with E-state index >= 15 is 0 Å². The number of aryl methyl sites for hydroxylation is 3. The standard InChI is InChI=1S/C25H28F3N5O2/c1-15-21(16(2)31(3)30-15)20-13-33(23(35)29-22(20)34)10-4-9-32-12-19-11-24(19,14-32)17-5-7-18(8-6-17)25(26,27)28/h5-8,13,19H,4,9-12,14H2,1-3H3,(H,29,34,35)/t19?,24-/m1/s1. The largest absolute Gasteiger partial charge is 0.416 e. The molecule has 1 aliphatic carbocycles. The molecule has 35 heavy (non-hydrogen) atoms.